The van der Waals surface area contributed by atoms with Gasteiger partial charge in [-0.1, -0.05) is 6.07 Å². The van der Waals surface area contributed by atoms with Gasteiger partial charge in [-0.25, -0.2) is 4.79 Å². The summed E-state index contributed by atoms with van der Waals surface area (Å²) in [5.74, 6) is -0.506. The van der Waals surface area contributed by atoms with Gasteiger partial charge in [0.1, 0.15) is 0 Å². The van der Waals surface area contributed by atoms with Gasteiger partial charge in [0.15, 0.2) is 5.58 Å². The summed E-state index contributed by atoms with van der Waals surface area (Å²) in [4.78, 5) is 30.1. The molecule has 7 nitrogen and oxygen atoms in total. The highest BCUT2D eigenvalue weighted by molar-refractivity contribution is 5.82. The average molecular weight is 304 g/mol. The van der Waals surface area contributed by atoms with Crippen molar-refractivity contribution in [3.05, 3.63) is 34.3 Å². The van der Waals surface area contributed by atoms with Crippen LogP contribution in [0.3, 0.4) is 0 Å². The molecule has 1 amide bonds. The van der Waals surface area contributed by atoms with Crippen LogP contribution in [0.2, 0.25) is 0 Å². The lowest BCUT2D eigenvalue weighted by Crippen LogP contribution is -2.52. The molecule has 22 heavy (non-hydrogen) atoms. The fraction of sp³-hybridized carbons (Fsp3) is 0.467. The number of nitrogens with two attached hydrogens (primary N) is 1. The molecule has 1 aromatic heterocycles. The first kappa shape index (κ1) is 14.8. The van der Waals surface area contributed by atoms with Crippen molar-refractivity contribution < 1.29 is 9.21 Å². The fourth-order valence-electron chi connectivity index (χ4n) is 2.72. The zero-order chi connectivity index (χ0) is 15.7. The van der Waals surface area contributed by atoms with Gasteiger partial charge in [0.05, 0.1) is 11.6 Å². The summed E-state index contributed by atoms with van der Waals surface area (Å²) in [6, 6.07) is 4.80. The molecule has 1 aliphatic rings. The van der Waals surface area contributed by atoms with Crippen LogP contribution >= 0.6 is 0 Å². The van der Waals surface area contributed by atoms with Crippen LogP contribution in [0.1, 0.15) is 5.56 Å². The highest BCUT2D eigenvalue weighted by Gasteiger charge is 2.24. The second-order valence-corrected chi connectivity index (χ2v) is 5.78. The van der Waals surface area contributed by atoms with Crippen LogP contribution in [0.4, 0.5) is 0 Å². The zero-order valence-electron chi connectivity index (χ0n) is 12.5. The van der Waals surface area contributed by atoms with Crippen molar-refractivity contribution in [1.82, 2.24) is 14.8 Å². The van der Waals surface area contributed by atoms with Crippen LogP contribution in [-0.2, 0) is 11.2 Å². The van der Waals surface area contributed by atoms with Gasteiger partial charge in [0, 0.05) is 26.2 Å². The van der Waals surface area contributed by atoms with E-state index in [2.05, 4.69) is 9.88 Å². The molecule has 0 radical (unpaired) electrons. The van der Waals surface area contributed by atoms with E-state index in [1.54, 1.807) is 12.1 Å². The van der Waals surface area contributed by atoms with E-state index < -0.39 is 11.8 Å². The Morgan fingerprint density at radius 1 is 1.36 bits per heavy atom. The summed E-state index contributed by atoms with van der Waals surface area (Å²) in [5.41, 5.74) is 8.07. The van der Waals surface area contributed by atoms with Crippen molar-refractivity contribution in [2.24, 2.45) is 5.73 Å². The highest BCUT2D eigenvalue weighted by Crippen LogP contribution is 2.14. The minimum absolute atomic E-state index is 0.0243. The zero-order valence-corrected chi connectivity index (χ0v) is 12.5. The largest absolute Gasteiger partial charge is 0.417 e. The van der Waals surface area contributed by atoms with Crippen LogP contribution < -0.4 is 11.5 Å². The van der Waals surface area contributed by atoms with Gasteiger partial charge in [-0.3, -0.25) is 9.78 Å². The topological polar surface area (TPSA) is 95.6 Å². The maximum Gasteiger partial charge on any atom is 0.417 e. The van der Waals surface area contributed by atoms with Crippen LogP contribution in [0, 0.1) is 0 Å². The fourth-order valence-corrected chi connectivity index (χ4v) is 2.72. The number of H-pyrrole nitrogens is 1. The number of amides is 1. The molecule has 3 rings (SSSR count). The molecule has 2 heterocycles. The highest BCUT2D eigenvalue weighted by atomic mass is 16.4. The number of nitrogens with zero attached hydrogens (tertiary/aromatic N) is 2. The first-order chi connectivity index (χ1) is 10.5. The number of nitrogens with one attached hydrogen (secondary N) is 1. The van der Waals surface area contributed by atoms with Gasteiger partial charge in [-0.15, -0.1) is 0 Å². The molecule has 0 aliphatic carbocycles. The van der Waals surface area contributed by atoms with E-state index >= 15 is 0 Å². The van der Waals surface area contributed by atoms with Crippen molar-refractivity contribution in [2.75, 3.05) is 33.2 Å². The molecule has 0 spiro atoms. The SMILES string of the molecule is CN1CCN(C(=O)C(N)Cc2ccc3[nH]c(=O)oc3c2)CC1. The molecular formula is C15H20N4O3. The summed E-state index contributed by atoms with van der Waals surface area (Å²) < 4.78 is 5.03. The van der Waals surface area contributed by atoms with E-state index in [1.807, 2.05) is 18.0 Å². The second kappa shape index (κ2) is 5.94. The number of likely N-dealkylation sites (N-methyl/N-ethyl adjacent to an activating group) is 1. The Labute approximate surface area is 127 Å². The van der Waals surface area contributed by atoms with Gasteiger partial charge in [-0.05, 0) is 31.2 Å². The number of oxazole rings is 1. The average Bonchev–Trinajstić information content (AvgIpc) is 2.86. The van der Waals surface area contributed by atoms with E-state index in [4.69, 9.17) is 10.2 Å². The number of piperazine rings is 1. The Balaban J connectivity index is 1.67. The third kappa shape index (κ3) is 3.05. The predicted molar refractivity (Wildman–Crippen MR) is 82.6 cm³/mol. The second-order valence-electron chi connectivity index (χ2n) is 5.78. The molecule has 1 aliphatic heterocycles. The molecule has 7 heteroatoms. The molecule has 0 bridgehead atoms. The van der Waals surface area contributed by atoms with E-state index in [0.29, 0.717) is 17.5 Å². The lowest BCUT2D eigenvalue weighted by molar-refractivity contribution is -0.134. The van der Waals surface area contributed by atoms with Gasteiger partial charge in [0.25, 0.3) is 0 Å². The molecule has 1 fully saturated rings. The van der Waals surface area contributed by atoms with Crippen molar-refractivity contribution in [2.45, 2.75) is 12.5 Å². The minimum Gasteiger partial charge on any atom is -0.408 e. The maximum absolute atomic E-state index is 12.4. The molecule has 0 saturated carbocycles. The molecule has 118 valence electrons. The summed E-state index contributed by atoms with van der Waals surface area (Å²) in [6.45, 7) is 3.18. The van der Waals surface area contributed by atoms with Crippen molar-refractivity contribution >= 4 is 17.0 Å². The summed E-state index contributed by atoms with van der Waals surface area (Å²) in [5, 5.41) is 0. The van der Waals surface area contributed by atoms with Crippen LogP contribution in [0.5, 0.6) is 0 Å². The number of fused-ring (bicyclic) bond motifs is 1. The number of rotatable bonds is 3. The monoisotopic (exact) mass is 304 g/mol. The number of carbonyl (C=O) groups excluding carboxylic acids is 1. The molecule has 1 saturated heterocycles. The normalized spacial score (nSPS) is 17.8. The molecular weight excluding hydrogens is 284 g/mol. The molecule has 2 aromatic rings. The molecule has 1 aromatic carbocycles. The molecule has 1 atom stereocenters. The van der Waals surface area contributed by atoms with Crippen molar-refractivity contribution in [3.8, 4) is 0 Å². The summed E-state index contributed by atoms with van der Waals surface area (Å²) in [7, 11) is 2.04. The number of carbonyl (C=O) groups is 1. The Hall–Kier alpha value is -2.12. The third-order valence-corrected chi connectivity index (χ3v) is 4.07. The van der Waals surface area contributed by atoms with E-state index in [0.717, 1.165) is 31.7 Å². The predicted octanol–water partition coefficient (Wildman–Crippen LogP) is -0.235. The standard InChI is InChI=1S/C15H20N4O3/c1-18-4-6-19(7-5-18)14(20)11(16)8-10-2-3-12-13(9-10)22-15(21)17-12/h2-3,9,11H,4-8,16H2,1H3,(H,17,21). The van der Waals surface area contributed by atoms with Gasteiger partial charge in [0.2, 0.25) is 5.91 Å². The van der Waals surface area contributed by atoms with Crippen LogP contribution in [0.15, 0.2) is 27.4 Å². The van der Waals surface area contributed by atoms with E-state index in [1.165, 1.54) is 0 Å². The first-order valence-electron chi connectivity index (χ1n) is 7.37. The minimum atomic E-state index is -0.577. The number of benzene rings is 1. The summed E-state index contributed by atoms with van der Waals surface area (Å²) >= 11 is 0. The molecule has 1 unspecified atom stereocenters. The Kier molecular flexibility index (Phi) is 4.00. The van der Waals surface area contributed by atoms with E-state index in [-0.39, 0.29) is 5.91 Å². The van der Waals surface area contributed by atoms with Gasteiger partial charge >= 0.3 is 5.76 Å². The van der Waals surface area contributed by atoms with E-state index in [9.17, 15) is 9.59 Å². The smallest absolute Gasteiger partial charge is 0.408 e. The summed E-state index contributed by atoms with van der Waals surface area (Å²) in [6.07, 6.45) is 0.427. The Morgan fingerprint density at radius 3 is 2.82 bits per heavy atom. The van der Waals surface area contributed by atoms with Gasteiger partial charge in [-0.2, -0.15) is 0 Å². The number of aromatic amines is 1. The quantitative estimate of drug-likeness (QED) is 0.816. The molecule has 3 N–H and O–H groups in total. The number of hydrogen-bond donors (Lipinski definition) is 2. The lowest BCUT2D eigenvalue weighted by atomic mass is 10.0. The first-order valence-corrected chi connectivity index (χ1v) is 7.37. The number of hydrogen-bond acceptors (Lipinski definition) is 5. The van der Waals surface area contributed by atoms with Crippen molar-refractivity contribution in [1.29, 1.82) is 0 Å². The lowest BCUT2D eigenvalue weighted by Gasteiger charge is -2.33. The Morgan fingerprint density at radius 2 is 2.09 bits per heavy atom. The van der Waals surface area contributed by atoms with Crippen LogP contribution in [-0.4, -0.2) is 60.0 Å². The Bertz CT molecular complexity index is 728. The third-order valence-electron chi connectivity index (χ3n) is 4.07. The van der Waals surface area contributed by atoms with Crippen LogP contribution in [0.25, 0.3) is 11.1 Å². The maximum atomic E-state index is 12.4. The number of aromatic nitrogens is 1. The van der Waals surface area contributed by atoms with Gasteiger partial charge < -0.3 is 20.0 Å². The van der Waals surface area contributed by atoms with Crippen molar-refractivity contribution in [3.63, 3.8) is 0 Å².